The van der Waals surface area contributed by atoms with Gasteiger partial charge in [-0.05, 0) is 73.9 Å². The summed E-state index contributed by atoms with van der Waals surface area (Å²) < 4.78 is 26.6. The van der Waals surface area contributed by atoms with Gasteiger partial charge < -0.3 is 39.7 Å². The van der Waals surface area contributed by atoms with E-state index in [2.05, 4.69) is 9.80 Å². The zero-order valence-electron chi connectivity index (χ0n) is 21.8. The minimum Gasteiger partial charge on any atom is -0.550 e. The van der Waals surface area contributed by atoms with Crippen LogP contribution in [0.3, 0.4) is 0 Å². The van der Waals surface area contributed by atoms with Crippen molar-refractivity contribution in [1.82, 2.24) is 9.80 Å². The lowest BCUT2D eigenvalue weighted by atomic mass is 9.87. The van der Waals surface area contributed by atoms with Crippen molar-refractivity contribution < 1.29 is 43.6 Å². The van der Waals surface area contributed by atoms with Crippen LogP contribution >= 0.6 is 0 Å². The zero-order valence-corrected chi connectivity index (χ0v) is 21.8. The maximum Gasteiger partial charge on any atom is 0.123 e. The Balaban J connectivity index is 0.000000532. The van der Waals surface area contributed by atoms with Gasteiger partial charge in [0.1, 0.15) is 11.6 Å². The standard InChI is InChI=1S/C22H28F2N2O.C4H4O4.C2H4O2/c23-20-7-3-18(4-8-20)22(19-5-9-21(24)10-6-19)2-1-11-25-12-14-26(15-13-25)16-17-27;5-3(6)1-2-4(7)8;1-2(3)4/h3-10,22,27H,1-2,11-17H2;1-2H,(H,5,6)(H,7,8);1H3,(H,3,4)/p-3/b;2-1-;. The van der Waals surface area contributed by atoms with Crippen LogP contribution in [0.4, 0.5) is 8.78 Å². The molecule has 0 saturated carbocycles. The molecule has 2 aromatic rings. The van der Waals surface area contributed by atoms with Crippen molar-refractivity contribution in [2.45, 2.75) is 25.7 Å². The Labute approximate surface area is 226 Å². The number of aliphatic carboxylic acids is 3. The zero-order chi connectivity index (χ0) is 29.2. The number of hydrogen-bond acceptors (Lipinski definition) is 9. The summed E-state index contributed by atoms with van der Waals surface area (Å²) in [5, 5.41) is 36.8. The van der Waals surface area contributed by atoms with Crippen LogP contribution < -0.4 is 15.3 Å². The fraction of sp³-hybridized carbons (Fsp3) is 0.393. The first-order valence-corrected chi connectivity index (χ1v) is 12.4. The van der Waals surface area contributed by atoms with Crippen LogP contribution in [0.2, 0.25) is 0 Å². The van der Waals surface area contributed by atoms with Gasteiger partial charge in [-0.15, -0.1) is 0 Å². The van der Waals surface area contributed by atoms with Gasteiger partial charge in [0.15, 0.2) is 0 Å². The van der Waals surface area contributed by atoms with Crippen LogP contribution in [0.1, 0.15) is 36.8 Å². The normalized spacial score (nSPS) is 13.8. The summed E-state index contributed by atoms with van der Waals surface area (Å²) >= 11 is 0. The predicted octanol–water partition coefficient (Wildman–Crippen LogP) is -0.715. The Morgan fingerprint density at radius 2 is 1.15 bits per heavy atom. The highest BCUT2D eigenvalue weighted by Crippen LogP contribution is 2.30. The number of aliphatic hydroxyl groups is 1. The highest BCUT2D eigenvalue weighted by atomic mass is 19.1. The molecular formula is C28H33F2N2O7-3. The van der Waals surface area contributed by atoms with E-state index in [-0.39, 0.29) is 24.2 Å². The average molecular weight is 548 g/mol. The average Bonchev–Trinajstić information content (AvgIpc) is 2.88. The van der Waals surface area contributed by atoms with Gasteiger partial charge in [-0.2, -0.15) is 0 Å². The van der Waals surface area contributed by atoms with Gasteiger partial charge >= 0.3 is 0 Å². The number of carbonyl (C=O) groups is 3. The first-order chi connectivity index (χ1) is 18.5. The van der Waals surface area contributed by atoms with E-state index in [9.17, 15) is 28.6 Å². The summed E-state index contributed by atoms with van der Waals surface area (Å²) in [5.74, 6) is -4.51. The second kappa shape index (κ2) is 18.6. The molecule has 0 aromatic heterocycles. The van der Waals surface area contributed by atoms with Crippen molar-refractivity contribution in [3.8, 4) is 0 Å². The van der Waals surface area contributed by atoms with Crippen molar-refractivity contribution in [1.29, 1.82) is 0 Å². The Bertz CT molecular complexity index is 973. The van der Waals surface area contributed by atoms with Crippen LogP contribution in [0.5, 0.6) is 0 Å². The van der Waals surface area contributed by atoms with Gasteiger partial charge in [0.05, 0.1) is 18.5 Å². The monoisotopic (exact) mass is 547 g/mol. The number of piperazine rings is 1. The van der Waals surface area contributed by atoms with E-state index >= 15 is 0 Å². The number of carboxylic acid groups (broad SMARTS) is 3. The number of carbonyl (C=O) groups excluding carboxylic acids is 3. The maximum absolute atomic E-state index is 13.3. The molecule has 0 amide bonds. The minimum atomic E-state index is -1.55. The molecule has 1 fully saturated rings. The van der Waals surface area contributed by atoms with Crippen LogP contribution in [0.15, 0.2) is 60.7 Å². The summed E-state index contributed by atoms with van der Waals surface area (Å²) in [7, 11) is 0. The van der Waals surface area contributed by atoms with Crippen LogP contribution in [-0.4, -0.2) is 78.7 Å². The van der Waals surface area contributed by atoms with Gasteiger partial charge in [-0.25, -0.2) is 8.78 Å². The van der Waals surface area contributed by atoms with Crippen LogP contribution in [0, 0.1) is 11.6 Å². The van der Waals surface area contributed by atoms with Gasteiger partial charge in [0.2, 0.25) is 0 Å². The molecule has 0 bridgehead atoms. The number of nitrogens with zero attached hydrogens (tertiary/aromatic N) is 2. The number of halogens is 2. The summed E-state index contributed by atoms with van der Waals surface area (Å²) in [6.07, 6.45) is 2.73. The van der Waals surface area contributed by atoms with E-state index in [1.807, 2.05) is 24.3 Å². The SMILES string of the molecule is CC(=O)[O-].O=C([O-])/C=C\C(=O)[O-].OCCN1CCN(CCCC(c2ccc(F)cc2)c2ccc(F)cc2)CC1. The molecule has 1 aliphatic rings. The molecule has 0 aliphatic carbocycles. The quantitative estimate of drug-likeness (QED) is 0.381. The summed E-state index contributed by atoms with van der Waals surface area (Å²) in [6, 6.07) is 13.3. The highest BCUT2D eigenvalue weighted by Gasteiger charge is 2.18. The molecule has 39 heavy (non-hydrogen) atoms. The number of carboxylic acids is 3. The maximum atomic E-state index is 13.3. The van der Waals surface area contributed by atoms with Crippen molar-refractivity contribution in [3.05, 3.63) is 83.4 Å². The lowest BCUT2D eigenvalue weighted by Crippen LogP contribution is -2.47. The van der Waals surface area contributed by atoms with Crippen molar-refractivity contribution in [2.24, 2.45) is 0 Å². The Hall–Kier alpha value is -3.67. The van der Waals surface area contributed by atoms with Crippen molar-refractivity contribution in [2.75, 3.05) is 45.9 Å². The third-order valence-electron chi connectivity index (χ3n) is 5.75. The first-order valence-electron chi connectivity index (χ1n) is 12.4. The van der Waals surface area contributed by atoms with E-state index in [4.69, 9.17) is 15.0 Å². The molecule has 0 unspecified atom stereocenters. The predicted molar refractivity (Wildman–Crippen MR) is 134 cm³/mol. The van der Waals surface area contributed by atoms with E-state index in [1.165, 1.54) is 24.3 Å². The minimum absolute atomic E-state index is 0.141. The van der Waals surface area contributed by atoms with Gasteiger partial charge in [-0.3, -0.25) is 4.90 Å². The molecule has 0 atom stereocenters. The Morgan fingerprint density at radius 1 is 0.795 bits per heavy atom. The number of aliphatic hydroxyl groups excluding tert-OH is 1. The molecular weight excluding hydrogens is 514 g/mol. The lowest BCUT2D eigenvalue weighted by molar-refractivity contribution is -0.302. The molecule has 3 rings (SSSR count). The fourth-order valence-electron chi connectivity index (χ4n) is 3.95. The molecule has 11 heteroatoms. The third kappa shape index (κ3) is 15.4. The van der Waals surface area contributed by atoms with E-state index in [1.54, 1.807) is 0 Å². The van der Waals surface area contributed by atoms with E-state index in [0.29, 0.717) is 12.2 Å². The topological polar surface area (TPSA) is 147 Å². The largest absolute Gasteiger partial charge is 0.550 e. The molecule has 1 saturated heterocycles. The van der Waals surface area contributed by atoms with Gasteiger partial charge in [0.25, 0.3) is 0 Å². The van der Waals surface area contributed by atoms with Crippen molar-refractivity contribution >= 4 is 17.9 Å². The molecule has 2 aromatic carbocycles. The number of hydrogen-bond donors (Lipinski definition) is 1. The third-order valence-corrected chi connectivity index (χ3v) is 5.75. The Kier molecular flexibility index (Phi) is 15.9. The van der Waals surface area contributed by atoms with E-state index in [0.717, 1.165) is 70.2 Å². The summed E-state index contributed by atoms with van der Waals surface area (Å²) in [4.78, 5) is 32.5. The van der Waals surface area contributed by atoms with Crippen LogP contribution in [-0.2, 0) is 14.4 Å². The number of β-amino-alcohol motifs (C(OH)–C–C–N with tert-alkyl or cyclic N) is 1. The fourth-order valence-corrected chi connectivity index (χ4v) is 3.95. The molecule has 0 spiro atoms. The second-order valence-corrected chi connectivity index (χ2v) is 8.67. The number of benzene rings is 2. The van der Waals surface area contributed by atoms with Gasteiger partial charge in [-0.1, -0.05) is 24.3 Å². The molecule has 0 radical (unpaired) electrons. The smallest absolute Gasteiger partial charge is 0.123 e. The Morgan fingerprint density at radius 3 is 1.49 bits per heavy atom. The first kappa shape index (κ1) is 33.4. The summed E-state index contributed by atoms with van der Waals surface area (Å²) in [5.41, 5.74) is 2.13. The van der Waals surface area contributed by atoms with E-state index < -0.39 is 17.9 Å². The second-order valence-electron chi connectivity index (χ2n) is 8.67. The molecule has 9 nitrogen and oxygen atoms in total. The lowest BCUT2D eigenvalue weighted by Gasteiger charge is -2.34. The molecule has 1 aliphatic heterocycles. The van der Waals surface area contributed by atoms with Crippen LogP contribution in [0.25, 0.3) is 0 Å². The highest BCUT2D eigenvalue weighted by molar-refractivity contribution is 5.87. The number of rotatable bonds is 10. The molecule has 214 valence electrons. The molecule has 1 N–H and O–H groups in total. The van der Waals surface area contributed by atoms with Gasteiger partial charge in [0, 0.05) is 44.6 Å². The van der Waals surface area contributed by atoms with Crippen molar-refractivity contribution in [3.63, 3.8) is 0 Å². The molecule has 1 heterocycles. The summed E-state index contributed by atoms with van der Waals surface area (Å²) in [6.45, 7) is 7.02.